The summed E-state index contributed by atoms with van der Waals surface area (Å²) >= 11 is 3.36. The number of hydrogen-bond donors (Lipinski definition) is 0. The third kappa shape index (κ3) is 3.50. The van der Waals surface area contributed by atoms with Crippen LogP contribution in [0.25, 0.3) is 17.3 Å². The minimum absolute atomic E-state index is 0.409. The van der Waals surface area contributed by atoms with Gasteiger partial charge in [-0.1, -0.05) is 18.1 Å². The SMILES string of the molecule is CCc1noc(-c2cn(-c3cccc(Oc4ccc(Br)cn4)c3)cn2)n1. The van der Waals surface area contributed by atoms with Gasteiger partial charge in [0, 0.05) is 35.4 Å². The van der Waals surface area contributed by atoms with E-state index < -0.39 is 0 Å². The second-order valence-electron chi connectivity index (χ2n) is 5.45. The van der Waals surface area contributed by atoms with Crippen molar-refractivity contribution in [2.45, 2.75) is 13.3 Å². The maximum atomic E-state index is 5.80. The fraction of sp³-hybridized carbons (Fsp3) is 0.111. The Morgan fingerprint density at radius 1 is 1.19 bits per heavy atom. The van der Waals surface area contributed by atoms with Crippen LogP contribution in [0.3, 0.4) is 0 Å². The maximum absolute atomic E-state index is 5.80. The van der Waals surface area contributed by atoms with Crippen molar-refractivity contribution in [3.05, 3.63) is 65.4 Å². The van der Waals surface area contributed by atoms with Gasteiger partial charge in [0.2, 0.25) is 5.88 Å². The predicted octanol–water partition coefficient (Wildman–Crippen LogP) is 4.43. The van der Waals surface area contributed by atoms with E-state index in [1.165, 1.54) is 0 Å². The Bertz CT molecular complexity index is 1030. The van der Waals surface area contributed by atoms with E-state index in [9.17, 15) is 0 Å². The Balaban J connectivity index is 1.57. The van der Waals surface area contributed by atoms with Gasteiger partial charge in [0.25, 0.3) is 5.89 Å². The second-order valence-corrected chi connectivity index (χ2v) is 6.37. The first kappa shape index (κ1) is 16.5. The average Bonchev–Trinajstić information content (AvgIpc) is 3.33. The summed E-state index contributed by atoms with van der Waals surface area (Å²) in [7, 11) is 0. The molecule has 0 aliphatic rings. The molecule has 0 unspecified atom stereocenters. The van der Waals surface area contributed by atoms with Crippen LogP contribution in [0, 0.1) is 0 Å². The van der Waals surface area contributed by atoms with Crippen LogP contribution in [0.5, 0.6) is 11.6 Å². The Labute approximate surface area is 157 Å². The molecule has 0 aliphatic carbocycles. The van der Waals surface area contributed by atoms with Gasteiger partial charge in [-0.05, 0) is 34.1 Å². The van der Waals surface area contributed by atoms with Crippen molar-refractivity contribution in [3.8, 4) is 28.9 Å². The molecular formula is C18H14BrN5O2. The number of aromatic nitrogens is 5. The molecule has 0 fully saturated rings. The summed E-state index contributed by atoms with van der Waals surface area (Å²) < 4.78 is 13.8. The molecule has 3 aromatic heterocycles. The van der Waals surface area contributed by atoms with Crippen molar-refractivity contribution < 1.29 is 9.26 Å². The molecule has 0 radical (unpaired) electrons. The first-order valence-corrected chi connectivity index (χ1v) is 8.77. The lowest BCUT2D eigenvalue weighted by molar-refractivity contribution is 0.422. The quantitative estimate of drug-likeness (QED) is 0.483. The number of benzene rings is 1. The van der Waals surface area contributed by atoms with Gasteiger partial charge in [-0.25, -0.2) is 9.97 Å². The molecule has 0 saturated carbocycles. The average molecular weight is 412 g/mol. The molecule has 1 aromatic carbocycles. The number of aryl methyl sites for hydroxylation is 1. The number of nitrogens with zero attached hydrogens (tertiary/aromatic N) is 5. The molecule has 8 heteroatoms. The summed E-state index contributed by atoms with van der Waals surface area (Å²) in [6, 6.07) is 11.3. The molecule has 7 nitrogen and oxygen atoms in total. The highest BCUT2D eigenvalue weighted by Crippen LogP contribution is 2.24. The molecular weight excluding hydrogens is 398 g/mol. The van der Waals surface area contributed by atoms with Crippen molar-refractivity contribution in [3.63, 3.8) is 0 Å². The summed E-state index contributed by atoms with van der Waals surface area (Å²) in [4.78, 5) is 12.9. The minimum atomic E-state index is 0.409. The Kier molecular flexibility index (Phi) is 4.49. The zero-order valence-corrected chi connectivity index (χ0v) is 15.4. The fourth-order valence-electron chi connectivity index (χ4n) is 2.33. The predicted molar refractivity (Wildman–Crippen MR) is 98.2 cm³/mol. The summed E-state index contributed by atoms with van der Waals surface area (Å²) in [5.74, 6) is 2.27. The molecule has 0 aliphatic heterocycles. The van der Waals surface area contributed by atoms with E-state index in [2.05, 4.69) is 36.0 Å². The molecule has 4 aromatic rings. The summed E-state index contributed by atoms with van der Waals surface area (Å²) in [5, 5.41) is 3.89. The zero-order chi connectivity index (χ0) is 17.9. The first-order chi connectivity index (χ1) is 12.7. The lowest BCUT2D eigenvalue weighted by atomic mass is 10.3. The van der Waals surface area contributed by atoms with Gasteiger partial charge in [0.05, 0.1) is 5.69 Å². The van der Waals surface area contributed by atoms with E-state index in [0.29, 0.717) is 35.5 Å². The Hall–Kier alpha value is -3.00. The highest BCUT2D eigenvalue weighted by atomic mass is 79.9. The van der Waals surface area contributed by atoms with Gasteiger partial charge >= 0.3 is 0 Å². The number of imidazole rings is 1. The van der Waals surface area contributed by atoms with E-state index >= 15 is 0 Å². The second kappa shape index (κ2) is 7.09. The van der Waals surface area contributed by atoms with Crippen LogP contribution < -0.4 is 4.74 Å². The molecule has 0 amide bonds. The van der Waals surface area contributed by atoms with Crippen molar-refractivity contribution in [1.82, 2.24) is 24.7 Å². The van der Waals surface area contributed by atoms with E-state index in [4.69, 9.17) is 9.26 Å². The van der Waals surface area contributed by atoms with Gasteiger partial charge in [-0.15, -0.1) is 0 Å². The highest BCUT2D eigenvalue weighted by Gasteiger charge is 2.11. The molecule has 4 rings (SSSR count). The molecule has 0 N–H and O–H groups in total. The number of pyridine rings is 1. The van der Waals surface area contributed by atoms with Gasteiger partial charge < -0.3 is 13.8 Å². The molecule has 0 saturated heterocycles. The van der Waals surface area contributed by atoms with Crippen LogP contribution in [0.4, 0.5) is 0 Å². The lowest BCUT2D eigenvalue weighted by Gasteiger charge is -2.07. The van der Waals surface area contributed by atoms with Gasteiger partial charge in [-0.2, -0.15) is 4.98 Å². The normalized spacial score (nSPS) is 10.8. The first-order valence-electron chi connectivity index (χ1n) is 7.98. The van der Waals surface area contributed by atoms with E-state index in [1.807, 2.05) is 48.0 Å². The van der Waals surface area contributed by atoms with Gasteiger partial charge in [0.15, 0.2) is 5.82 Å². The number of ether oxygens (including phenoxy) is 1. The van der Waals surface area contributed by atoms with Gasteiger partial charge in [0.1, 0.15) is 17.8 Å². The lowest BCUT2D eigenvalue weighted by Crippen LogP contribution is -1.92. The number of rotatable bonds is 5. The molecule has 0 spiro atoms. The van der Waals surface area contributed by atoms with Crippen molar-refractivity contribution in [1.29, 1.82) is 0 Å². The van der Waals surface area contributed by atoms with Crippen LogP contribution in [0.1, 0.15) is 12.7 Å². The van der Waals surface area contributed by atoms with E-state index in [1.54, 1.807) is 18.6 Å². The fourth-order valence-corrected chi connectivity index (χ4v) is 2.56. The third-order valence-electron chi connectivity index (χ3n) is 3.62. The summed E-state index contributed by atoms with van der Waals surface area (Å²) in [6.07, 6.45) is 5.94. The molecule has 130 valence electrons. The van der Waals surface area contributed by atoms with E-state index in [-0.39, 0.29) is 0 Å². The van der Waals surface area contributed by atoms with Crippen molar-refractivity contribution in [2.75, 3.05) is 0 Å². The standard InChI is InChI=1S/C18H14BrN5O2/c1-2-16-22-18(26-23-16)15-10-24(11-21-15)13-4-3-5-14(8-13)25-17-7-6-12(19)9-20-17/h3-11H,2H2,1H3. The van der Waals surface area contributed by atoms with Crippen molar-refractivity contribution >= 4 is 15.9 Å². The largest absolute Gasteiger partial charge is 0.439 e. The topological polar surface area (TPSA) is 78.9 Å². The minimum Gasteiger partial charge on any atom is -0.439 e. The van der Waals surface area contributed by atoms with Crippen molar-refractivity contribution in [2.24, 2.45) is 0 Å². The van der Waals surface area contributed by atoms with Gasteiger partial charge in [-0.3, -0.25) is 0 Å². The van der Waals surface area contributed by atoms with Crippen LogP contribution in [-0.4, -0.2) is 24.7 Å². The zero-order valence-electron chi connectivity index (χ0n) is 13.8. The van der Waals surface area contributed by atoms with Crippen LogP contribution in [0.15, 0.2) is 64.1 Å². The number of halogens is 1. The smallest absolute Gasteiger partial charge is 0.278 e. The van der Waals surface area contributed by atoms with E-state index in [0.717, 1.165) is 10.2 Å². The Morgan fingerprint density at radius 3 is 2.88 bits per heavy atom. The van der Waals surface area contributed by atoms with Crippen LogP contribution >= 0.6 is 15.9 Å². The number of hydrogen-bond acceptors (Lipinski definition) is 6. The summed E-state index contributed by atoms with van der Waals surface area (Å²) in [6.45, 7) is 1.97. The van der Waals surface area contributed by atoms with Crippen LogP contribution in [0.2, 0.25) is 0 Å². The maximum Gasteiger partial charge on any atom is 0.278 e. The molecule has 0 bridgehead atoms. The monoisotopic (exact) mass is 411 g/mol. The van der Waals surface area contributed by atoms with Crippen LogP contribution in [-0.2, 0) is 6.42 Å². The third-order valence-corrected chi connectivity index (χ3v) is 4.09. The molecule has 0 atom stereocenters. The molecule has 26 heavy (non-hydrogen) atoms. The molecule has 3 heterocycles. The Morgan fingerprint density at radius 2 is 2.12 bits per heavy atom. The highest BCUT2D eigenvalue weighted by molar-refractivity contribution is 9.10. The summed E-state index contributed by atoms with van der Waals surface area (Å²) in [5.41, 5.74) is 1.52.